The molecule has 0 amide bonds. The van der Waals surface area contributed by atoms with E-state index in [1.807, 2.05) is 30.3 Å². The van der Waals surface area contributed by atoms with E-state index in [1.54, 1.807) is 7.11 Å². The van der Waals surface area contributed by atoms with Gasteiger partial charge in [0.1, 0.15) is 0 Å². The van der Waals surface area contributed by atoms with Crippen molar-refractivity contribution >= 4 is 21.6 Å². The molecule has 0 spiro atoms. The molecule has 4 nitrogen and oxygen atoms in total. The molecule has 26 heavy (non-hydrogen) atoms. The van der Waals surface area contributed by atoms with Crippen LogP contribution in [0.25, 0.3) is 17.0 Å². The normalized spacial score (nSPS) is 15.9. The van der Waals surface area contributed by atoms with E-state index in [1.165, 1.54) is 5.56 Å². The standard InChI is InChI=1S/C21H18BrN3O/c1-26-25-21-12-16(14-5-3-2-4-6-14)11-20-18(21)13-19(23-24-20)15-7-9-17(22)10-8-15/h2-10,12-13,16,25H,11H2,1H3. The molecule has 1 atom stereocenters. The highest BCUT2D eigenvalue weighted by Crippen LogP contribution is 2.34. The lowest BCUT2D eigenvalue weighted by Gasteiger charge is -2.24. The Balaban J connectivity index is 1.74. The fourth-order valence-corrected chi connectivity index (χ4v) is 3.50. The summed E-state index contributed by atoms with van der Waals surface area (Å²) in [7, 11) is 1.62. The van der Waals surface area contributed by atoms with Gasteiger partial charge in [0.2, 0.25) is 0 Å². The van der Waals surface area contributed by atoms with Crippen molar-refractivity contribution in [1.82, 2.24) is 15.7 Å². The molecule has 1 aromatic heterocycles. The molecule has 0 radical (unpaired) electrons. The van der Waals surface area contributed by atoms with Crippen molar-refractivity contribution in [2.45, 2.75) is 12.3 Å². The summed E-state index contributed by atoms with van der Waals surface area (Å²) in [6, 6.07) is 20.6. The van der Waals surface area contributed by atoms with Crippen LogP contribution < -0.4 is 5.48 Å². The van der Waals surface area contributed by atoms with Gasteiger partial charge >= 0.3 is 0 Å². The molecule has 0 bridgehead atoms. The molecule has 1 N–H and O–H groups in total. The van der Waals surface area contributed by atoms with Crippen LogP contribution in [-0.2, 0) is 11.3 Å². The number of hydroxylamine groups is 1. The van der Waals surface area contributed by atoms with E-state index >= 15 is 0 Å². The molecule has 1 unspecified atom stereocenters. The summed E-state index contributed by atoms with van der Waals surface area (Å²) >= 11 is 3.47. The van der Waals surface area contributed by atoms with Gasteiger partial charge in [-0.15, -0.1) is 0 Å². The molecule has 3 aromatic rings. The van der Waals surface area contributed by atoms with Crippen molar-refractivity contribution in [3.05, 3.63) is 88.0 Å². The Morgan fingerprint density at radius 2 is 1.81 bits per heavy atom. The number of rotatable bonds is 4. The van der Waals surface area contributed by atoms with Gasteiger partial charge in [-0.25, -0.2) is 0 Å². The quantitative estimate of drug-likeness (QED) is 0.634. The average Bonchev–Trinajstić information content (AvgIpc) is 2.69. The third-order valence-electron chi connectivity index (χ3n) is 4.52. The van der Waals surface area contributed by atoms with Crippen LogP contribution >= 0.6 is 15.9 Å². The van der Waals surface area contributed by atoms with Crippen LogP contribution in [0.3, 0.4) is 0 Å². The number of nitrogens with zero attached hydrogens (tertiary/aromatic N) is 2. The number of nitrogens with one attached hydrogen (secondary N) is 1. The number of allylic oxidation sites excluding steroid dienone is 1. The van der Waals surface area contributed by atoms with Gasteiger partial charge in [0.25, 0.3) is 0 Å². The number of fused-ring (bicyclic) bond motifs is 1. The van der Waals surface area contributed by atoms with E-state index in [-0.39, 0.29) is 5.92 Å². The molecule has 4 rings (SSSR count). The van der Waals surface area contributed by atoms with E-state index in [2.05, 4.69) is 68.0 Å². The van der Waals surface area contributed by atoms with Crippen LogP contribution in [0, 0.1) is 0 Å². The van der Waals surface area contributed by atoms with Crippen LogP contribution in [-0.4, -0.2) is 17.3 Å². The minimum atomic E-state index is 0.245. The van der Waals surface area contributed by atoms with Crippen molar-refractivity contribution in [1.29, 1.82) is 0 Å². The SMILES string of the molecule is CONC1=CC(c2ccccc2)Cc2nnc(-c3ccc(Br)cc3)cc21. The molecule has 1 aliphatic rings. The first-order valence-electron chi connectivity index (χ1n) is 8.43. The second-order valence-electron chi connectivity index (χ2n) is 6.20. The summed E-state index contributed by atoms with van der Waals surface area (Å²) in [6.07, 6.45) is 3.02. The monoisotopic (exact) mass is 407 g/mol. The van der Waals surface area contributed by atoms with Crippen molar-refractivity contribution < 1.29 is 4.84 Å². The lowest BCUT2D eigenvalue weighted by atomic mass is 9.86. The fraction of sp³-hybridized carbons (Fsp3) is 0.143. The number of hydrogen-bond donors (Lipinski definition) is 1. The van der Waals surface area contributed by atoms with E-state index in [4.69, 9.17) is 4.84 Å². The summed E-state index contributed by atoms with van der Waals surface area (Å²) in [5, 5.41) is 8.98. The highest BCUT2D eigenvalue weighted by molar-refractivity contribution is 9.10. The van der Waals surface area contributed by atoms with Crippen LogP contribution in [0.5, 0.6) is 0 Å². The Kier molecular flexibility index (Phi) is 4.82. The summed E-state index contributed by atoms with van der Waals surface area (Å²) in [5.41, 5.74) is 9.08. The average molecular weight is 408 g/mol. The second kappa shape index (κ2) is 7.40. The smallest absolute Gasteiger partial charge is 0.0936 e. The minimum absolute atomic E-state index is 0.245. The summed E-state index contributed by atoms with van der Waals surface area (Å²) < 4.78 is 1.04. The Bertz CT molecular complexity index is 939. The van der Waals surface area contributed by atoms with Gasteiger partial charge in [0.15, 0.2) is 0 Å². The van der Waals surface area contributed by atoms with Crippen LogP contribution in [0.2, 0.25) is 0 Å². The summed E-state index contributed by atoms with van der Waals surface area (Å²) in [5.74, 6) is 0.245. The topological polar surface area (TPSA) is 47.0 Å². The highest BCUT2D eigenvalue weighted by atomic mass is 79.9. The van der Waals surface area contributed by atoms with Gasteiger partial charge < -0.3 is 0 Å². The Labute approximate surface area is 161 Å². The third-order valence-corrected chi connectivity index (χ3v) is 5.05. The minimum Gasteiger partial charge on any atom is -0.279 e. The van der Waals surface area contributed by atoms with Gasteiger partial charge in [0.05, 0.1) is 24.2 Å². The second-order valence-corrected chi connectivity index (χ2v) is 7.12. The molecule has 5 heteroatoms. The molecule has 1 heterocycles. The maximum Gasteiger partial charge on any atom is 0.0936 e. The number of benzene rings is 2. The van der Waals surface area contributed by atoms with Crippen molar-refractivity contribution in [2.24, 2.45) is 0 Å². The predicted molar refractivity (Wildman–Crippen MR) is 106 cm³/mol. The van der Waals surface area contributed by atoms with E-state index < -0.39 is 0 Å². The molecular formula is C21H18BrN3O. The zero-order chi connectivity index (χ0) is 17.9. The largest absolute Gasteiger partial charge is 0.279 e. The molecule has 130 valence electrons. The zero-order valence-corrected chi connectivity index (χ0v) is 15.9. The third kappa shape index (κ3) is 3.41. The van der Waals surface area contributed by atoms with Crippen LogP contribution in [0.1, 0.15) is 22.7 Å². The van der Waals surface area contributed by atoms with E-state index in [0.717, 1.165) is 39.1 Å². The predicted octanol–water partition coefficient (Wildman–Crippen LogP) is 4.74. The van der Waals surface area contributed by atoms with Crippen molar-refractivity contribution in [2.75, 3.05) is 7.11 Å². The van der Waals surface area contributed by atoms with Gasteiger partial charge in [-0.1, -0.05) is 64.5 Å². The number of halogens is 1. The lowest BCUT2D eigenvalue weighted by molar-refractivity contribution is 0.136. The molecule has 2 aromatic carbocycles. The maximum atomic E-state index is 5.21. The van der Waals surface area contributed by atoms with Gasteiger partial charge in [-0.2, -0.15) is 10.2 Å². The first kappa shape index (κ1) is 16.9. The molecule has 0 fully saturated rings. The summed E-state index contributed by atoms with van der Waals surface area (Å²) in [6.45, 7) is 0. The van der Waals surface area contributed by atoms with Crippen molar-refractivity contribution in [3.63, 3.8) is 0 Å². The molecular weight excluding hydrogens is 390 g/mol. The number of hydrogen-bond acceptors (Lipinski definition) is 4. The summed E-state index contributed by atoms with van der Waals surface area (Å²) in [4.78, 5) is 5.21. The Morgan fingerprint density at radius 3 is 2.54 bits per heavy atom. The first-order valence-corrected chi connectivity index (χ1v) is 9.22. The molecule has 0 saturated heterocycles. The molecule has 1 aliphatic carbocycles. The number of aromatic nitrogens is 2. The first-order chi connectivity index (χ1) is 12.7. The lowest BCUT2D eigenvalue weighted by Crippen LogP contribution is -2.19. The fourth-order valence-electron chi connectivity index (χ4n) is 3.23. The van der Waals surface area contributed by atoms with E-state index in [0.29, 0.717) is 0 Å². The molecule has 0 aliphatic heterocycles. The van der Waals surface area contributed by atoms with Crippen molar-refractivity contribution in [3.8, 4) is 11.3 Å². The highest BCUT2D eigenvalue weighted by Gasteiger charge is 2.23. The van der Waals surface area contributed by atoms with Gasteiger partial charge in [0, 0.05) is 27.9 Å². The van der Waals surface area contributed by atoms with E-state index in [9.17, 15) is 0 Å². The Hall–Kier alpha value is -2.50. The van der Waals surface area contributed by atoms with Crippen LogP contribution in [0.15, 0.2) is 71.2 Å². The maximum absolute atomic E-state index is 5.21. The van der Waals surface area contributed by atoms with Gasteiger partial charge in [-0.3, -0.25) is 10.3 Å². The molecule has 0 saturated carbocycles. The Morgan fingerprint density at radius 1 is 1.04 bits per heavy atom. The van der Waals surface area contributed by atoms with Crippen LogP contribution in [0.4, 0.5) is 0 Å². The van der Waals surface area contributed by atoms with Gasteiger partial charge in [-0.05, 0) is 23.8 Å². The zero-order valence-electron chi connectivity index (χ0n) is 14.3.